The largest absolute Gasteiger partial charge is 0.490 e. The maximum Gasteiger partial charge on any atom is 0.490 e. The summed E-state index contributed by atoms with van der Waals surface area (Å²) in [6, 6.07) is 5.78. The van der Waals surface area contributed by atoms with Crippen LogP contribution in [0, 0.1) is 11.7 Å². The van der Waals surface area contributed by atoms with Gasteiger partial charge in [-0.2, -0.15) is 17.5 Å². The van der Waals surface area contributed by atoms with Gasteiger partial charge < -0.3 is 15.3 Å². The number of carbonyl (C=O) groups excluding carboxylic acids is 1. The van der Waals surface area contributed by atoms with Crippen LogP contribution in [0.5, 0.6) is 0 Å². The standard InChI is InChI=1S/C17H26FN3O3S.C2HF3O2/c1-14(2)13-20(17(22)15-5-3-4-6-16(15)18)11-12-25(23,24)21-9-7-19-8-10-21;3-2(4,5)1(6)7/h3-6,14,19H,7-13H2,1-2H3;(H,6,7). The molecule has 182 valence electrons. The third kappa shape index (κ3) is 9.09. The fourth-order valence-electron chi connectivity index (χ4n) is 2.80. The molecule has 32 heavy (non-hydrogen) atoms. The Hall–Kier alpha value is -2.25. The highest BCUT2D eigenvalue weighted by molar-refractivity contribution is 7.89. The van der Waals surface area contributed by atoms with Crippen LogP contribution < -0.4 is 5.32 Å². The summed E-state index contributed by atoms with van der Waals surface area (Å²) in [4.78, 5) is 23.0. The molecule has 2 rings (SSSR count). The first-order valence-corrected chi connectivity index (χ1v) is 11.4. The number of nitrogens with one attached hydrogen (secondary N) is 1. The number of sulfonamides is 1. The molecule has 0 aromatic heterocycles. The average molecular weight is 486 g/mol. The van der Waals surface area contributed by atoms with Gasteiger partial charge in [-0.15, -0.1) is 0 Å². The van der Waals surface area contributed by atoms with Crippen molar-refractivity contribution in [3.8, 4) is 0 Å². The molecule has 0 bridgehead atoms. The fraction of sp³-hybridized carbons (Fsp3) is 0.579. The van der Waals surface area contributed by atoms with Gasteiger partial charge in [0.2, 0.25) is 10.0 Å². The van der Waals surface area contributed by atoms with Crippen LogP contribution in [0.15, 0.2) is 24.3 Å². The molecular weight excluding hydrogens is 458 g/mol. The van der Waals surface area contributed by atoms with Gasteiger partial charge in [0.15, 0.2) is 0 Å². The van der Waals surface area contributed by atoms with Gasteiger partial charge in [-0.25, -0.2) is 17.6 Å². The van der Waals surface area contributed by atoms with E-state index in [0.29, 0.717) is 32.7 Å². The van der Waals surface area contributed by atoms with E-state index in [9.17, 15) is 30.8 Å². The number of halogens is 4. The smallest absolute Gasteiger partial charge is 0.475 e. The van der Waals surface area contributed by atoms with E-state index in [-0.39, 0.29) is 23.8 Å². The second-order valence-corrected chi connectivity index (χ2v) is 9.48. The lowest BCUT2D eigenvalue weighted by molar-refractivity contribution is -0.192. The minimum absolute atomic E-state index is 0.0253. The average Bonchev–Trinajstić information content (AvgIpc) is 2.71. The third-order valence-corrected chi connectivity index (χ3v) is 6.16. The second kappa shape index (κ2) is 12.1. The summed E-state index contributed by atoms with van der Waals surface area (Å²) in [6.45, 7) is 6.44. The molecule has 0 atom stereocenters. The van der Waals surface area contributed by atoms with E-state index in [0.717, 1.165) is 0 Å². The van der Waals surface area contributed by atoms with Crippen LogP contribution in [0.25, 0.3) is 0 Å². The lowest BCUT2D eigenvalue weighted by Crippen LogP contribution is -2.48. The maximum atomic E-state index is 13.9. The number of alkyl halides is 3. The van der Waals surface area contributed by atoms with Crippen molar-refractivity contribution in [3.05, 3.63) is 35.6 Å². The van der Waals surface area contributed by atoms with E-state index in [1.165, 1.54) is 27.4 Å². The lowest BCUT2D eigenvalue weighted by atomic mass is 10.1. The summed E-state index contributed by atoms with van der Waals surface area (Å²) in [7, 11) is -3.43. The minimum Gasteiger partial charge on any atom is -0.475 e. The monoisotopic (exact) mass is 485 g/mol. The van der Waals surface area contributed by atoms with E-state index in [1.54, 1.807) is 6.07 Å². The molecule has 0 spiro atoms. The number of carbonyl (C=O) groups is 2. The number of piperazine rings is 1. The highest BCUT2D eigenvalue weighted by atomic mass is 32.2. The first kappa shape index (κ1) is 27.8. The number of hydrogen-bond donors (Lipinski definition) is 2. The van der Waals surface area contributed by atoms with E-state index in [1.807, 2.05) is 13.8 Å². The molecule has 2 N–H and O–H groups in total. The van der Waals surface area contributed by atoms with Crippen LogP contribution in [-0.4, -0.2) is 85.8 Å². The Labute approximate surface area is 184 Å². The Morgan fingerprint density at radius 2 is 1.72 bits per heavy atom. The SMILES string of the molecule is CC(C)CN(CCS(=O)(=O)N1CCNCC1)C(=O)c1ccccc1F.O=C(O)C(F)(F)F. The van der Waals surface area contributed by atoms with E-state index >= 15 is 0 Å². The summed E-state index contributed by atoms with van der Waals surface area (Å²) >= 11 is 0. The normalized spacial score (nSPS) is 15.1. The predicted molar refractivity (Wildman–Crippen MR) is 109 cm³/mol. The van der Waals surface area contributed by atoms with Gasteiger partial charge in [0.05, 0.1) is 11.3 Å². The first-order chi connectivity index (χ1) is 14.8. The predicted octanol–water partition coefficient (Wildman–Crippen LogP) is 1.79. The van der Waals surface area contributed by atoms with Crippen LogP contribution in [0.2, 0.25) is 0 Å². The molecule has 0 saturated carbocycles. The molecule has 1 heterocycles. The summed E-state index contributed by atoms with van der Waals surface area (Å²) in [5.74, 6) is -3.82. The van der Waals surface area contributed by atoms with Gasteiger partial charge in [0.25, 0.3) is 5.91 Å². The zero-order chi connectivity index (χ0) is 24.5. The maximum absolute atomic E-state index is 13.9. The van der Waals surface area contributed by atoms with Crippen molar-refractivity contribution in [2.75, 3.05) is 45.0 Å². The quantitative estimate of drug-likeness (QED) is 0.571. The van der Waals surface area contributed by atoms with Crippen molar-refractivity contribution in [1.82, 2.24) is 14.5 Å². The zero-order valence-corrected chi connectivity index (χ0v) is 18.5. The highest BCUT2D eigenvalue weighted by Gasteiger charge is 2.38. The molecule has 1 aromatic rings. The molecule has 8 nitrogen and oxygen atoms in total. The number of rotatable bonds is 7. The topological polar surface area (TPSA) is 107 Å². The molecule has 1 aliphatic heterocycles. The number of aliphatic carboxylic acids is 1. The number of amides is 1. The number of nitrogens with zero attached hydrogens (tertiary/aromatic N) is 2. The van der Waals surface area contributed by atoms with Gasteiger partial charge in [-0.05, 0) is 18.1 Å². The number of carboxylic acids is 1. The molecule has 1 fully saturated rings. The number of carboxylic acid groups (broad SMARTS) is 1. The van der Waals surface area contributed by atoms with Crippen LogP contribution in [0.4, 0.5) is 17.6 Å². The molecule has 0 radical (unpaired) electrons. The van der Waals surface area contributed by atoms with Crippen LogP contribution in [-0.2, 0) is 14.8 Å². The number of benzene rings is 1. The van der Waals surface area contributed by atoms with E-state index in [4.69, 9.17) is 9.90 Å². The van der Waals surface area contributed by atoms with Crippen molar-refractivity contribution in [2.24, 2.45) is 5.92 Å². The zero-order valence-electron chi connectivity index (χ0n) is 17.7. The first-order valence-electron chi connectivity index (χ1n) is 9.78. The molecule has 13 heteroatoms. The van der Waals surface area contributed by atoms with Crippen LogP contribution in [0.3, 0.4) is 0 Å². The van der Waals surface area contributed by atoms with Crippen molar-refractivity contribution in [2.45, 2.75) is 20.0 Å². The van der Waals surface area contributed by atoms with Gasteiger partial charge in [-0.1, -0.05) is 26.0 Å². The summed E-state index contributed by atoms with van der Waals surface area (Å²) in [5.41, 5.74) is -0.0253. The number of hydrogen-bond acceptors (Lipinski definition) is 5. The Morgan fingerprint density at radius 1 is 1.19 bits per heavy atom. The van der Waals surface area contributed by atoms with Gasteiger partial charge in [0, 0.05) is 39.3 Å². The molecule has 1 saturated heterocycles. The van der Waals surface area contributed by atoms with Gasteiger partial charge in [0.1, 0.15) is 5.82 Å². The highest BCUT2D eigenvalue weighted by Crippen LogP contribution is 2.14. The van der Waals surface area contributed by atoms with Gasteiger partial charge >= 0.3 is 12.1 Å². The third-order valence-electron chi connectivity index (χ3n) is 4.31. The fourth-order valence-corrected chi connectivity index (χ4v) is 4.25. The second-order valence-electron chi connectivity index (χ2n) is 7.39. The molecule has 0 unspecified atom stereocenters. The van der Waals surface area contributed by atoms with Crippen LogP contribution >= 0.6 is 0 Å². The Morgan fingerprint density at radius 3 is 2.19 bits per heavy atom. The van der Waals surface area contributed by atoms with E-state index < -0.39 is 33.9 Å². The van der Waals surface area contributed by atoms with E-state index in [2.05, 4.69) is 5.32 Å². The molecule has 1 aliphatic rings. The lowest BCUT2D eigenvalue weighted by Gasteiger charge is -2.29. The van der Waals surface area contributed by atoms with Crippen molar-refractivity contribution >= 4 is 21.9 Å². The Kier molecular flexibility index (Phi) is 10.5. The molecular formula is C19H27F4N3O5S. The summed E-state index contributed by atoms with van der Waals surface area (Å²) in [6.07, 6.45) is -5.08. The van der Waals surface area contributed by atoms with Crippen molar-refractivity contribution in [3.63, 3.8) is 0 Å². The summed E-state index contributed by atoms with van der Waals surface area (Å²) in [5, 5.41) is 10.2. The summed E-state index contributed by atoms with van der Waals surface area (Å²) < 4.78 is 72.1. The molecule has 1 aromatic carbocycles. The van der Waals surface area contributed by atoms with Crippen LogP contribution in [0.1, 0.15) is 24.2 Å². The Balaban J connectivity index is 0.000000633. The minimum atomic E-state index is -5.08. The van der Waals surface area contributed by atoms with Crippen molar-refractivity contribution < 1.29 is 40.7 Å². The Bertz CT molecular complexity index is 872. The molecule has 1 amide bonds. The molecule has 0 aliphatic carbocycles. The van der Waals surface area contributed by atoms with Gasteiger partial charge in [-0.3, -0.25) is 4.79 Å². The van der Waals surface area contributed by atoms with Crippen molar-refractivity contribution in [1.29, 1.82) is 0 Å².